The molecule has 1 aromatic heterocycles. The standard InChI is InChI=1S/C30H38N4/c1-3-14-33-18-24(19-33)31-23-10-8-22(9-11-23)29-28-26(25-6-4-5-7-27(25)32-28)15-20(2)34(29)30-13-12-21(16-30)17-30/h4-11,20-21,24,29,31-32H,3,12-19H2,1-2H3/t20-,21?,29-,30?/m1/s1. The molecule has 2 atom stereocenters. The summed E-state index contributed by atoms with van der Waals surface area (Å²) >= 11 is 0. The topological polar surface area (TPSA) is 34.3 Å². The number of benzene rings is 2. The molecule has 2 bridgehead atoms. The van der Waals surface area contributed by atoms with E-state index in [2.05, 4.69) is 82.5 Å². The number of aromatic amines is 1. The largest absolute Gasteiger partial charge is 0.380 e. The van der Waals surface area contributed by atoms with Crippen molar-refractivity contribution >= 4 is 16.6 Å². The van der Waals surface area contributed by atoms with Gasteiger partial charge in [-0.05, 0) is 87.2 Å². The van der Waals surface area contributed by atoms with E-state index in [1.165, 1.54) is 79.6 Å². The van der Waals surface area contributed by atoms with Crippen molar-refractivity contribution in [1.82, 2.24) is 14.8 Å². The van der Waals surface area contributed by atoms with E-state index >= 15 is 0 Å². The predicted octanol–water partition coefficient (Wildman–Crippen LogP) is 5.95. The van der Waals surface area contributed by atoms with Crippen molar-refractivity contribution in [1.29, 1.82) is 0 Å². The molecule has 0 unspecified atom stereocenters. The van der Waals surface area contributed by atoms with Crippen LogP contribution in [0.4, 0.5) is 5.69 Å². The zero-order valence-corrected chi connectivity index (χ0v) is 20.7. The van der Waals surface area contributed by atoms with E-state index in [1.807, 2.05) is 0 Å². The molecule has 8 rings (SSSR count). The number of aromatic nitrogens is 1. The maximum absolute atomic E-state index is 3.89. The molecule has 4 heteroatoms. The number of nitrogens with zero attached hydrogens (tertiary/aromatic N) is 2. The fourth-order valence-electron chi connectivity index (χ4n) is 7.92. The lowest BCUT2D eigenvalue weighted by molar-refractivity contribution is -0.0339. The van der Waals surface area contributed by atoms with E-state index in [-0.39, 0.29) is 0 Å². The van der Waals surface area contributed by atoms with Crippen LogP contribution in [0, 0.1) is 5.92 Å². The van der Waals surface area contributed by atoms with Gasteiger partial charge < -0.3 is 10.3 Å². The van der Waals surface area contributed by atoms with Gasteiger partial charge in [-0.2, -0.15) is 0 Å². The quantitative estimate of drug-likeness (QED) is 0.483. The zero-order valence-electron chi connectivity index (χ0n) is 20.7. The fraction of sp³-hybridized carbons (Fsp3) is 0.533. The van der Waals surface area contributed by atoms with Crippen LogP contribution in [-0.4, -0.2) is 52.0 Å². The Balaban J connectivity index is 1.23. The number of nitrogens with one attached hydrogen (secondary N) is 2. The number of hydrogen-bond donors (Lipinski definition) is 2. The van der Waals surface area contributed by atoms with Crippen molar-refractivity contribution in [3.8, 4) is 0 Å². The van der Waals surface area contributed by atoms with Crippen LogP contribution in [0.2, 0.25) is 0 Å². The van der Waals surface area contributed by atoms with Crippen LogP contribution in [-0.2, 0) is 6.42 Å². The summed E-state index contributed by atoms with van der Waals surface area (Å²) in [6.45, 7) is 8.31. The molecular weight excluding hydrogens is 416 g/mol. The first-order valence-electron chi connectivity index (χ1n) is 13.6. The third-order valence-corrected chi connectivity index (χ3v) is 9.37. The third kappa shape index (κ3) is 3.18. The fourth-order valence-corrected chi connectivity index (χ4v) is 7.92. The number of fused-ring (bicyclic) bond motifs is 4. The number of hydrogen-bond acceptors (Lipinski definition) is 3. The van der Waals surface area contributed by atoms with E-state index in [9.17, 15) is 0 Å². The Hall–Kier alpha value is -2.30. The van der Waals surface area contributed by atoms with Gasteiger partial charge >= 0.3 is 0 Å². The first kappa shape index (κ1) is 21.0. The van der Waals surface area contributed by atoms with E-state index in [0.717, 1.165) is 12.3 Å². The minimum Gasteiger partial charge on any atom is -0.380 e. The van der Waals surface area contributed by atoms with Gasteiger partial charge in [-0.3, -0.25) is 9.80 Å². The van der Waals surface area contributed by atoms with Gasteiger partial charge in [0, 0.05) is 47.0 Å². The molecule has 3 heterocycles. The molecule has 5 aliphatic rings. The highest BCUT2D eigenvalue weighted by Gasteiger charge is 2.58. The van der Waals surface area contributed by atoms with Crippen LogP contribution < -0.4 is 5.32 Å². The van der Waals surface area contributed by atoms with E-state index < -0.39 is 0 Å². The van der Waals surface area contributed by atoms with Crippen LogP contribution in [0.5, 0.6) is 0 Å². The zero-order chi connectivity index (χ0) is 22.9. The van der Waals surface area contributed by atoms with Gasteiger partial charge in [0.1, 0.15) is 0 Å². The predicted molar refractivity (Wildman–Crippen MR) is 140 cm³/mol. The van der Waals surface area contributed by atoms with Crippen molar-refractivity contribution in [2.75, 3.05) is 25.0 Å². The van der Waals surface area contributed by atoms with Crippen molar-refractivity contribution in [2.24, 2.45) is 5.92 Å². The summed E-state index contributed by atoms with van der Waals surface area (Å²) in [6, 6.07) is 19.8. The van der Waals surface area contributed by atoms with Crippen molar-refractivity contribution in [3.05, 3.63) is 65.4 Å². The summed E-state index contributed by atoms with van der Waals surface area (Å²) in [7, 11) is 0. The molecule has 0 amide bonds. The normalized spacial score (nSPS) is 31.3. The average molecular weight is 455 g/mol. The second-order valence-corrected chi connectivity index (χ2v) is 11.7. The van der Waals surface area contributed by atoms with Gasteiger partial charge in [-0.1, -0.05) is 37.3 Å². The molecule has 1 saturated heterocycles. The number of anilines is 1. The van der Waals surface area contributed by atoms with Gasteiger partial charge in [0.25, 0.3) is 0 Å². The van der Waals surface area contributed by atoms with E-state index in [4.69, 9.17) is 0 Å². The monoisotopic (exact) mass is 454 g/mol. The number of para-hydroxylation sites is 1. The molecule has 0 radical (unpaired) electrons. The lowest BCUT2D eigenvalue weighted by atomic mass is 9.72. The second-order valence-electron chi connectivity index (χ2n) is 11.7. The molecule has 2 aromatic carbocycles. The minimum atomic E-state index is 0.322. The number of rotatable bonds is 6. The lowest BCUT2D eigenvalue weighted by Gasteiger charge is -2.55. The van der Waals surface area contributed by atoms with Gasteiger partial charge in [0.05, 0.1) is 12.1 Å². The van der Waals surface area contributed by atoms with E-state index in [0.29, 0.717) is 23.7 Å². The molecule has 34 heavy (non-hydrogen) atoms. The Bertz CT molecular complexity index is 1180. The first-order valence-corrected chi connectivity index (χ1v) is 13.6. The van der Waals surface area contributed by atoms with Crippen LogP contribution in [0.3, 0.4) is 0 Å². The Morgan fingerprint density at radius 3 is 2.59 bits per heavy atom. The van der Waals surface area contributed by atoms with Crippen molar-refractivity contribution in [2.45, 2.75) is 76.0 Å². The van der Waals surface area contributed by atoms with Gasteiger partial charge in [-0.15, -0.1) is 0 Å². The summed E-state index contributed by atoms with van der Waals surface area (Å²) in [4.78, 5) is 9.37. The molecule has 3 aromatic rings. The minimum absolute atomic E-state index is 0.322. The molecule has 2 N–H and O–H groups in total. The molecule has 178 valence electrons. The highest BCUT2D eigenvalue weighted by Crippen LogP contribution is 2.60. The molecule has 4 nitrogen and oxygen atoms in total. The van der Waals surface area contributed by atoms with Crippen LogP contribution in [0.15, 0.2) is 48.5 Å². The highest BCUT2D eigenvalue weighted by atomic mass is 15.3. The van der Waals surface area contributed by atoms with Crippen molar-refractivity contribution < 1.29 is 0 Å². The Kier molecular flexibility index (Phi) is 4.86. The van der Waals surface area contributed by atoms with E-state index in [1.54, 1.807) is 5.56 Å². The second kappa shape index (κ2) is 7.86. The Morgan fingerprint density at radius 1 is 1.06 bits per heavy atom. The molecular formula is C30H38N4. The smallest absolute Gasteiger partial charge is 0.0764 e. The Labute approximate surface area is 203 Å². The highest BCUT2D eigenvalue weighted by molar-refractivity contribution is 5.85. The Morgan fingerprint density at radius 2 is 1.85 bits per heavy atom. The number of H-pyrrole nitrogens is 1. The summed E-state index contributed by atoms with van der Waals surface area (Å²) in [5.74, 6) is 0.971. The van der Waals surface area contributed by atoms with Gasteiger partial charge in [0.2, 0.25) is 0 Å². The van der Waals surface area contributed by atoms with Gasteiger partial charge in [-0.25, -0.2) is 0 Å². The molecule has 0 spiro atoms. The summed E-state index contributed by atoms with van der Waals surface area (Å²) < 4.78 is 0. The maximum Gasteiger partial charge on any atom is 0.0764 e. The summed E-state index contributed by atoms with van der Waals surface area (Å²) in [5, 5.41) is 5.19. The summed E-state index contributed by atoms with van der Waals surface area (Å²) in [6.07, 6.45) is 8.00. The maximum atomic E-state index is 3.89. The third-order valence-electron chi connectivity index (χ3n) is 9.37. The van der Waals surface area contributed by atoms with Crippen LogP contribution in [0.1, 0.15) is 68.8 Å². The van der Waals surface area contributed by atoms with Gasteiger partial charge in [0.15, 0.2) is 0 Å². The number of likely N-dealkylation sites (tertiary alicyclic amines) is 1. The average Bonchev–Trinajstić information content (AvgIpc) is 3.50. The first-order chi connectivity index (χ1) is 16.6. The molecule has 3 saturated carbocycles. The molecule has 3 aliphatic carbocycles. The van der Waals surface area contributed by atoms with Crippen molar-refractivity contribution in [3.63, 3.8) is 0 Å². The lowest BCUT2D eigenvalue weighted by Crippen LogP contribution is -2.59. The molecule has 4 fully saturated rings. The SMILES string of the molecule is CCCN1CC(Nc2ccc([C@@H]3c4[nH]c5ccccc5c4C[C@@H](C)N3C34CCC(C3)C4)cc2)C1. The van der Waals surface area contributed by atoms with Crippen LogP contribution >= 0.6 is 0 Å². The summed E-state index contributed by atoms with van der Waals surface area (Å²) in [5.41, 5.74) is 7.40. The van der Waals surface area contributed by atoms with Crippen LogP contribution in [0.25, 0.3) is 10.9 Å². The molecule has 2 aliphatic heterocycles.